The zero-order valence-corrected chi connectivity index (χ0v) is 21.7. The van der Waals surface area contributed by atoms with E-state index in [0.717, 1.165) is 0 Å². The molecule has 14 heteroatoms. The van der Waals surface area contributed by atoms with Gasteiger partial charge in [-0.15, -0.1) is 0 Å². The first-order chi connectivity index (χ1) is 18.3. The van der Waals surface area contributed by atoms with Gasteiger partial charge in [-0.1, -0.05) is 0 Å². The monoisotopic (exact) mass is 547 g/mol. The number of nitrogens with two attached hydrogens (primary N) is 2. The van der Waals surface area contributed by atoms with Gasteiger partial charge in [-0.3, -0.25) is 9.79 Å². The Hall–Kier alpha value is -4.46. The summed E-state index contributed by atoms with van der Waals surface area (Å²) in [5, 5.41) is 9.59. The number of hydrogen-bond donors (Lipinski definition) is 3. The summed E-state index contributed by atoms with van der Waals surface area (Å²) in [6, 6.07) is 4.91. The number of aliphatic hydroxyl groups excluding tert-OH is 1. The summed E-state index contributed by atoms with van der Waals surface area (Å²) in [5.41, 5.74) is 13.2. The van der Waals surface area contributed by atoms with Gasteiger partial charge in [0.15, 0.2) is 5.82 Å². The van der Waals surface area contributed by atoms with Crippen molar-refractivity contribution in [2.45, 2.75) is 25.6 Å². The molecule has 3 aromatic rings. The topological polar surface area (TPSA) is 164 Å². The highest BCUT2D eigenvalue weighted by atomic mass is 19.4. The van der Waals surface area contributed by atoms with Crippen molar-refractivity contribution >= 4 is 17.6 Å². The van der Waals surface area contributed by atoms with Crippen LogP contribution in [0.4, 0.5) is 19.0 Å². The van der Waals surface area contributed by atoms with E-state index < -0.39 is 30.8 Å². The smallest absolute Gasteiger partial charge is 0.391 e. The molecule has 0 spiro atoms. The van der Waals surface area contributed by atoms with Crippen LogP contribution < -0.4 is 26.5 Å². The van der Waals surface area contributed by atoms with E-state index in [2.05, 4.69) is 19.9 Å². The van der Waals surface area contributed by atoms with Gasteiger partial charge in [-0.2, -0.15) is 13.2 Å². The maximum atomic E-state index is 13.0. The number of ether oxygens (including phenoxy) is 2. The molecule has 1 unspecified atom stereocenters. The number of aliphatic hydroxyl groups is 1. The van der Waals surface area contributed by atoms with Crippen molar-refractivity contribution in [1.82, 2.24) is 19.5 Å². The fraction of sp³-hybridized carbons (Fsp3) is 0.320. The second-order valence-corrected chi connectivity index (χ2v) is 8.55. The number of alkyl halides is 3. The molecule has 208 valence electrons. The van der Waals surface area contributed by atoms with Crippen molar-refractivity contribution in [3.05, 3.63) is 52.3 Å². The third-order valence-corrected chi connectivity index (χ3v) is 5.44. The lowest BCUT2D eigenvalue weighted by molar-refractivity contribution is -0.152. The summed E-state index contributed by atoms with van der Waals surface area (Å²) < 4.78 is 49.4. The first-order valence-electron chi connectivity index (χ1n) is 11.5. The number of aliphatic imine (C=N–C) groups is 1. The van der Waals surface area contributed by atoms with Crippen LogP contribution in [0.1, 0.15) is 19.0 Å². The van der Waals surface area contributed by atoms with E-state index in [1.54, 1.807) is 25.1 Å². The predicted molar refractivity (Wildman–Crippen MR) is 140 cm³/mol. The third-order valence-electron chi connectivity index (χ3n) is 5.44. The summed E-state index contributed by atoms with van der Waals surface area (Å²) in [6.07, 6.45) is -3.66. The second-order valence-electron chi connectivity index (χ2n) is 8.55. The highest BCUT2D eigenvalue weighted by Gasteiger charge is 2.30. The Labute approximate surface area is 221 Å². The molecule has 2 heterocycles. The molecule has 0 radical (unpaired) electrons. The van der Waals surface area contributed by atoms with E-state index in [1.807, 2.05) is 0 Å². The molecule has 0 aliphatic carbocycles. The lowest BCUT2D eigenvalue weighted by atomic mass is 10.1. The lowest BCUT2D eigenvalue weighted by Crippen LogP contribution is -2.21. The number of halogens is 3. The van der Waals surface area contributed by atoms with Gasteiger partial charge in [-0.05, 0) is 19.1 Å². The Morgan fingerprint density at radius 3 is 2.38 bits per heavy atom. The number of aromatic nitrogens is 4. The van der Waals surface area contributed by atoms with Gasteiger partial charge >= 0.3 is 6.18 Å². The Bertz CT molecular complexity index is 1440. The number of allylic oxidation sites excluding steroid dienone is 2. The molecule has 5 N–H and O–H groups in total. The molecule has 0 amide bonds. The average Bonchev–Trinajstić information content (AvgIpc) is 2.87. The highest BCUT2D eigenvalue weighted by Crippen LogP contribution is 2.29. The van der Waals surface area contributed by atoms with Gasteiger partial charge in [-0.25, -0.2) is 15.0 Å². The number of methoxy groups -OCH3 is 2. The maximum Gasteiger partial charge on any atom is 0.391 e. The van der Waals surface area contributed by atoms with Gasteiger partial charge in [0, 0.05) is 42.4 Å². The van der Waals surface area contributed by atoms with Crippen LogP contribution in [-0.4, -0.2) is 63.9 Å². The molecule has 2 aromatic heterocycles. The fourth-order valence-corrected chi connectivity index (χ4v) is 3.54. The maximum absolute atomic E-state index is 13.0. The van der Waals surface area contributed by atoms with Gasteiger partial charge < -0.3 is 30.6 Å². The van der Waals surface area contributed by atoms with Gasteiger partial charge in [0.05, 0.1) is 45.2 Å². The minimum absolute atomic E-state index is 0.00522. The largest absolute Gasteiger partial charge is 0.497 e. The molecule has 0 aliphatic rings. The summed E-state index contributed by atoms with van der Waals surface area (Å²) in [5.74, 6) is 0.908. The minimum Gasteiger partial charge on any atom is -0.497 e. The lowest BCUT2D eigenvalue weighted by Gasteiger charge is -2.13. The molecule has 3 rings (SSSR count). The van der Waals surface area contributed by atoms with Crippen LogP contribution in [0.3, 0.4) is 0 Å². The Kier molecular flexibility index (Phi) is 8.91. The van der Waals surface area contributed by atoms with E-state index in [0.29, 0.717) is 17.1 Å². The number of hydrogen-bond acceptors (Lipinski definition) is 10. The van der Waals surface area contributed by atoms with E-state index >= 15 is 0 Å². The normalized spacial score (nSPS) is 13.3. The van der Waals surface area contributed by atoms with Crippen molar-refractivity contribution in [3.63, 3.8) is 0 Å². The van der Waals surface area contributed by atoms with Crippen LogP contribution in [0.5, 0.6) is 11.5 Å². The van der Waals surface area contributed by atoms with E-state index in [4.69, 9.17) is 20.9 Å². The minimum atomic E-state index is -4.52. The highest BCUT2D eigenvalue weighted by molar-refractivity contribution is 6.10. The number of nitrogens with zero attached hydrogens (tertiary/aromatic N) is 5. The predicted octanol–water partition coefficient (Wildman–Crippen LogP) is 2.58. The zero-order valence-electron chi connectivity index (χ0n) is 21.7. The molecule has 0 saturated heterocycles. The Balaban J connectivity index is 2.05. The number of aryl methyl sites for hydroxylation is 1. The van der Waals surface area contributed by atoms with E-state index in [-0.39, 0.29) is 39.9 Å². The fourth-order valence-electron chi connectivity index (χ4n) is 3.54. The van der Waals surface area contributed by atoms with Crippen LogP contribution in [0.15, 0.2) is 46.1 Å². The van der Waals surface area contributed by atoms with Crippen molar-refractivity contribution in [1.29, 1.82) is 0 Å². The number of anilines is 1. The van der Waals surface area contributed by atoms with Gasteiger partial charge in [0.1, 0.15) is 28.6 Å². The first kappa shape index (κ1) is 29.1. The van der Waals surface area contributed by atoms with Crippen molar-refractivity contribution in [3.8, 4) is 34.1 Å². The van der Waals surface area contributed by atoms with Crippen molar-refractivity contribution in [2.24, 2.45) is 17.8 Å². The van der Waals surface area contributed by atoms with Crippen molar-refractivity contribution in [2.75, 3.05) is 26.5 Å². The summed E-state index contributed by atoms with van der Waals surface area (Å²) >= 11 is 0. The van der Waals surface area contributed by atoms with Gasteiger partial charge in [0.2, 0.25) is 0 Å². The average molecular weight is 548 g/mol. The molecular weight excluding hydrogens is 519 g/mol. The van der Waals surface area contributed by atoms with Crippen LogP contribution in [-0.2, 0) is 7.05 Å². The second kappa shape index (κ2) is 11.9. The molecule has 1 atom stereocenters. The number of nitrogen functional groups attached to an aromatic ring is 1. The van der Waals surface area contributed by atoms with Crippen LogP contribution in [0.25, 0.3) is 28.2 Å². The third kappa shape index (κ3) is 7.31. The molecule has 0 bridgehead atoms. The SMILES string of the molecule is COc1cc(OC)cc(-c2nc(-c3nc(C(C=NCC(O)CC(F)(F)F)=C(C)N)cnc3N)cn(C)c2=O)c1. The Morgan fingerprint density at radius 2 is 1.82 bits per heavy atom. The standard InChI is InChI=1S/C25H28F3N7O4/c1-13(29)18(10-31-9-15(36)8-25(26,27)28)19-11-32-23(30)22(33-19)20-12-35(2)24(37)21(34-20)14-5-16(38-3)7-17(6-14)39-4/h5-7,10-12,15,36H,8-9,29H2,1-4H3,(H2,30,32). The summed E-state index contributed by atoms with van der Waals surface area (Å²) in [7, 11) is 4.50. The number of rotatable bonds is 9. The Morgan fingerprint density at radius 1 is 1.18 bits per heavy atom. The molecule has 11 nitrogen and oxygen atoms in total. The quantitative estimate of drug-likeness (QED) is 0.342. The van der Waals surface area contributed by atoms with E-state index in [1.165, 1.54) is 44.4 Å². The summed E-state index contributed by atoms with van der Waals surface area (Å²) in [6.45, 7) is 1.05. The molecular formula is C25H28F3N7O4. The number of benzene rings is 1. The van der Waals surface area contributed by atoms with Crippen LogP contribution in [0, 0.1) is 0 Å². The summed E-state index contributed by atoms with van der Waals surface area (Å²) in [4.78, 5) is 30.0. The van der Waals surface area contributed by atoms with Crippen LogP contribution in [0.2, 0.25) is 0 Å². The van der Waals surface area contributed by atoms with Crippen molar-refractivity contribution < 1.29 is 27.8 Å². The molecule has 39 heavy (non-hydrogen) atoms. The van der Waals surface area contributed by atoms with Gasteiger partial charge in [0.25, 0.3) is 5.56 Å². The van der Waals surface area contributed by atoms with E-state index in [9.17, 15) is 23.1 Å². The van der Waals surface area contributed by atoms with Crippen LogP contribution >= 0.6 is 0 Å². The zero-order chi connectivity index (χ0) is 28.9. The molecule has 0 aliphatic heterocycles. The molecule has 1 aromatic carbocycles. The molecule has 0 fully saturated rings. The molecule has 0 saturated carbocycles. The first-order valence-corrected chi connectivity index (χ1v) is 11.5.